The van der Waals surface area contributed by atoms with Crippen LogP contribution in [0.4, 0.5) is 5.69 Å². The zero-order chi connectivity index (χ0) is 21.3. The highest BCUT2D eigenvalue weighted by molar-refractivity contribution is 7.90. The van der Waals surface area contributed by atoms with Crippen molar-refractivity contribution in [3.8, 4) is 0 Å². The normalized spacial score (nSPS) is 17.3. The number of amides is 1. The van der Waals surface area contributed by atoms with Crippen molar-refractivity contribution in [3.05, 3.63) is 95.6 Å². The van der Waals surface area contributed by atoms with Crippen LogP contribution in [0.5, 0.6) is 0 Å². The lowest BCUT2D eigenvalue weighted by Gasteiger charge is -2.30. The summed E-state index contributed by atoms with van der Waals surface area (Å²) in [4.78, 5) is 15.2. The van der Waals surface area contributed by atoms with E-state index in [1.165, 1.54) is 12.1 Å². The van der Waals surface area contributed by atoms with E-state index >= 15 is 0 Å². The number of carbonyl (C=O) groups excluding carboxylic acids is 1. The average Bonchev–Trinajstić information content (AvgIpc) is 3.13. The van der Waals surface area contributed by atoms with Gasteiger partial charge in [0, 0.05) is 18.3 Å². The number of anilines is 1. The molecule has 3 aromatic rings. The van der Waals surface area contributed by atoms with Crippen LogP contribution in [0.25, 0.3) is 0 Å². The van der Waals surface area contributed by atoms with Gasteiger partial charge in [-0.05, 0) is 41.8 Å². The molecule has 0 spiro atoms. The Kier molecular flexibility index (Phi) is 5.32. The maximum atomic E-state index is 13.3. The summed E-state index contributed by atoms with van der Waals surface area (Å²) in [5.74, 6) is -0.579. The minimum Gasteiger partial charge on any atom is -0.399 e. The third-order valence-electron chi connectivity index (χ3n) is 5.47. The van der Waals surface area contributed by atoms with Gasteiger partial charge in [-0.2, -0.15) is 0 Å². The molecule has 6 nitrogen and oxygen atoms in total. The number of nitrogens with zero attached hydrogens (tertiary/aromatic N) is 1. The van der Waals surface area contributed by atoms with Gasteiger partial charge in [-0.15, -0.1) is 0 Å². The number of fused-ring (bicyclic) bond motifs is 1. The van der Waals surface area contributed by atoms with Crippen molar-refractivity contribution in [2.45, 2.75) is 30.4 Å². The smallest absolute Gasteiger partial charge is 0.264 e. The largest absolute Gasteiger partial charge is 0.399 e. The molecule has 1 aliphatic heterocycles. The number of hydrogen-bond donors (Lipinski definition) is 2. The molecule has 0 aliphatic carbocycles. The van der Waals surface area contributed by atoms with Crippen LogP contribution >= 0.6 is 0 Å². The number of carbonyl (C=O) groups is 1. The molecular weight excluding hydrogens is 398 g/mol. The fourth-order valence-electron chi connectivity index (χ4n) is 3.92. The monoisotopic (exact) mass is 421 g/mol. The van der Waals surface area contributed by atoms with Crippen LogP contribution in [0, 0.1) is 0 Å². The molecule has 0 radical (unpaired) electrons. The van der Waals surface area contributed by atoms with Gasteiger partial charge in [-0.3, -0.25) is 9.69 Å². The first kappa shape index (κ1) is 20.1. The Morgan fingerprint density at radius 3 is 2.47 bits per heavy atom. The second kappa shape index (κ2) is 7.93. The average molecular weight is 422 g/mol. The van der Waals surface area contributed by atoms with Crippen LogP contribution in [0.2, 0.25) is 0 Å². The quantitative estimate of drug-likeness (QED) is 0.616. The summed E-state index contributed by atoms with van der Waals surface area (Å²) in [6, 6.07) is 22.6. The molecule has 154 valence electrons. The van der Waals surface area contributed by atoms with Crippen molar-refractivity contribution in [2.24, 2.45) is 0 Å². The minimum atomic E-state index is -4.04. The topological polar surface area (TPSA) is 92.5 Å². The Hall–Kier alpha value is -3.16. The predicted octanol–water partition coefficient (Wildman–Crippen LogP) is 3.39. The highest BCUT2D eigenvalue weighted by Gasteiger charge is 2.39. The Morgan fingerprint density at radius 2 is 1.73 bits per heavy atom. The number of rotatable bonds is 5. The van der Waals surface area contributed by atoms with Gasteiger partial charge in [0.25, 0.3) is 15.9 Å². The van der Waals surface area contributed by atoms with E-state index in [9.17, 15) is 13.2 Å². The van der Waals surface area contributed by atoms with E-state index < -0.39 is 22.0 Å². The van der Waals surface area contributed by atoms with E-state index in [-0.39, 0.29) is 10.9 Å². The maximum absolute atomic E-state index is 13.3. The fraction of sp³-hybridized carbons (Fsp3) is 0.174. The molecule has 30 heavy (non-hydrogen) atoms. The van der Waals surface area contributed by atoms with Gasteiger partial charge in [0.15, 0.2) is 0 Å². The highest BCUT2D eigenvalue weighted by Crippen LogP contribution is 2.40. The molecule has 0 fully saturated rings. The summed E-state index contributed by atoms with van der Waals surface area (Å²) in [5.41, 5.74) is 8.92. The summed E-state index contributed by atoms with van der Waals surface area (Å²) >= 11 is 0. The van der Waals surface area contributed by atoms with Crippen LogP contribution in [-0.4, -0.2) is 19.2 Å². The minimum absolute atomic E-state index is 0.0372. The molecule has 0 saturated heterocycles. The SMILES string of the molecule is CC(c1ccccc1)N1Cc2ccccc2C1C(=O)NS(=O)(=O)c1cccc(N)c1. The number of nitrogens with two attached hydrogens (primary N) is 1. The van der Waals surface area contributed by atoms with Gasteiger partial charge in [0.05, 0.1) is 4.90 Å². The van der Waals surface area contributed by atoms with Crippen molar-refractivity contribution < 1.29 is 13.2 Å². The van der Waals surface area contributed by atoms with E-state index in [1.807, 2.05) is 66.4 Å². The highest BCUT2D eigenvalue weighted by atomic mass is 32.2. The van der Waals surface area contributed by atoms with Gasteiger partial charge in [0.1, 0.15) is 6.04 Å². The molecule has 1 heterocycles. The standard InChI is InChI=1S/C23H23N3O3S/c1-16(17-8-3-2-4-9-17)26-15-18-10-5-6-13-21(18)22(26)23(27)25-30(28,29)20-12-7-11-19(24)14-20/h2-14,16,22H,15,24H2,1H3,(H,25,27). The van der Waals surface area contributed by atoms with Gasteiger partial charge >= 0.3 is 0 Å². The first-order chi connectivity index (χ1) is 14.4. The Balaban J connectivity index is 1.67. The third kappa shape index (κ3) is 3.81. The van der Waals surface area contributed by atoms with Crippen LogP contribution in [0.1, 0.15) is 35.7 Å². The van der Waals surface area contributed by atoms with Crippen LogP contribution in [0.15, 0.2) is 83.8 Å². The van der Waals surface area contributed by atoms with Crippen molar-refractivity contribution in [3.63, 3.8) is 0 Å². The van der Waals surface area contributed by atoms with Gasteiger partial charge in [0.2, 0.25) is 0 Å². The van der Waals surface area contributed by atoms with Crippen LogP contribution < -0.4 is 10.5 Å². The first-order valence-corrected chi connectivity index (χ1v) is 11.2. The summed E-state index contributed by atoms with van der Waals surface area (Å²) < 4.78 is 27.9. The summed E-state index contributed by atoms with van der Waals surface area (Å²) in [5, 5.41) is 0. The number of sulfonamides is 1. The fourth-order valence-corrected chi connectivity index (χ4v) is 4.96. The molecule has 0 bridgehead atoms. The summed E-state index contributed by atoms with van der Waals surface area (Å²) in [6.45, 7) is 2.58. The lowest BCUT2D eigenvalue weighted by atomic mass is 10.0. The van der Waals surface area contributed by atoms with E-state index in [1.54, 1.807) is 12.1 Å². The first-order valence-electron chi connectivity index (χ1n) is 9.67. The molecule has 3 aromatic carbocycles. The second-order valence-electron chi connectivity index (χ2n) is 7.40. The lowest BCUT2D eigenvalue weighted by Crippen LogP contribution is -2.40. The van der Waals surface area contributed by atoms with Crippen molar-refractivity contribution in [1.82, 2.24) is 9.62 Å². The van der Waals surface area contributed by atoms with E-state index in [0.717, 1.165) is 16.7 Å². The van der Waals surface area contributed by atoms with E-state index in [0.29, 0.717) is 12.2 Å². The summed E-state index contributed by atoms with van der Waals surface area (Å²) in [6.07, 6.45) is 0. The van der Waals surface area contributed by atoms with Gasteiger partial charge in [-0.25, -0.2) is 13.1 Å². The molecular formula is C23H23N3O3S. The predicted molar refractivity (Wildman–Crippen MR) is 116 cm³/mol. The molecule has 2 atom stereocenters. The summed E-state index contributed by atoms with van der Waals surface area (Å²) in [7, 11) is -4.04. The number of benzene rings is 3. The molecule has 3 N–H and O–H groups in total. The Labute approximate surface area is 176 Å². The van der Waals surface area contributed by atoms with Gasteiger partial charge < -0.3 is 5.73 Å². The number of nitrogens with one attached hydrogen (secondary N) is 1. The van der Waals surface area contributed by atoms with Gasteiger partial charge in [-0.1, -0.05) is 60.7 Å². The molecule has 4 rings (SSSR count). The molecule has 0 saturated carbocycles. The molecule has 7 heteroatoms. The third-order valence-corrected chi connectivity index (χ3v) is 6.81. The van der Waals surface area contributed by atoms with E-state index in [2.05, 4.69) is 4.72 Å². The van der Waals surface area contributed by atoms with Crippen LogP contribution in [0.3, 0.4) is 0 Å². The van der Waals surface area contributed by atoms with E-state index in [4.69, 9.17) is 5.73 Å². The Morgan fingerprint density at radius 1 is 1.03 bits per heavy atom. The Bertz CT molecular complexity index is 1180. The second-order valence-corrected chi connectivity index (χ2v) is 9.08. The van der Waals surface area contributed by atoms with Crippen LogP contribution in [-0.2, 0) is 21.4 Å². The zero-order valence-corrected chi connectivity index (χ0v) is 17.3. The molecule has 2 unspecified atom stereocenters. The van der Waals surface area contributed by atoms with Crippen molar-refractivity contribution >= 4 is 21.6 Å². The zero-order valence-electron chi connectivity index (χ0n) is 16.5. The molecule has 1 aliphatic rings. The lowest BCUT2D eigenvalue weighted by molar-refractivity contribution is -0.125. The molecule has 0 aromatic heterocycles. The number of hydrogen-bond acceptors (Lipinski definition) is 5. The molecule has 1 amide bonds. The number of nitrogen functional groups attached to an aromatic ring is 1. The van der Waals surface area contributed by atoms with Crippen molar-refractivity contribution in [1.29, 1.82) is 0 Å². The van der Waals surface area contributed by atoms with Crippen molar-refractivity contribution in [2.75, 3.05) is 5.73 Å². The maximum Gasteiger partial charge on any atom is 0.264 e.